The molecule has 0 aromatic heterocycles. The van der Waals surface area contributed by atoms with Crippen LogP contribution >= 0.6 is 12.6 Å². The summed E-state index contributed by atoms with van der Waals surface area (Å²) in [6.07, 6.45) is 6.84. The molecule has 226 valence electrons. The molecule has 2 aromatic rings. The minimum Gasteiger partial charge on any atom is -0.393 e. The predicted octanol–water partition coefficient (Wildman–Crippen LogP) is 5.31. The molecule has 0 amide bonds. The summed E-state index contributed by atoms with van der Waals surface area (Å²) in [5, 5.41) is 22.1. The van der Waals surface area contributed by atoms with E-state index < -0.39 is 41.5 Å². The Morgan fingerprint density at radius 2 is 1.86 bits per heavy atom. The van der Waals surface area contributed by atoms with Crippen molar-refractivity contribution in [2.75, 3.05) is 6.61 Å². The smallest absolute Gasteiger partial charge is 0.193 e. The van der Waals surface area contributed by atoms with Crippen molar-refractivity contribution < 1.29 is 29.3 Å². The molecule has 9 atom stereocenters. The first-order valence-corrected chi connectivity index (χ1v) is 16.1. The van der Waals surface area contributed by atoms with E-state index in [0.29, 0.717) is 18.6 Å². The normalized spacial score (nSPS) is 39.5. The molecular weight excluding hydrogens is 560 g/mol. The largest absolute Gasteiger partial charge is 0.393 e. The number of thiol groups is 1. The number of fused-ring (bicyclic) bond motifs is 7. The summed E-state index contributed by atoms with van der Waals surface area (Å²) in [5.74, 6) is 0.476. The minimum absolute atomic E-state index is 0.00698. The van der Waals surface area contributed by atoms with Gasteiger partial charge in [0.1, 0.15) is 6.61 Å². The number of hydrogen-bond donors (Lipinski definition) is 3. The number of Topliss-reactive ketones (excluding diaryl/α,β-unsaturated/α-hetero) is 1. The predicted molar refractivity (Wildman–Crippen MR) is 165 cm³/mol. The van der Waals surface area contributed by atoms with Crippen LogP contribution < -0.4 is 0 Å². The van der Waals surface area contributed by atoms with Crippen LogP contribution in [0.25, 0.3) is 0 Å². The number of allylic oxidation sites excluding steroid dienone is 4. The van der Waals surface area contributed by atoms with E-state index in [9.17, 15) is 19.8 Å². The van der Waals surface area contributed by atoms with Gasteiger partial charge in [0.15, 0.2) is 23.5 Å². The average molecular weight is 601 g/mol. The van der Waals surface area contributed by atoms with E-state index in [-0.39, 0.29) is 29.3 Å². The molecule has 2 aromatic carbocycles. The Hall–Kier alpha value is -2.55. The van der Waals surface area contributed by atoms with Crippen molar-refractivity contribution in [2.45, 2.75) is 75.8 Å². The van der Waals surface area contributed by atoms with Gasteiger partial charge in [0.05, 0.1) is 12.2 Å². The summed E-state index contributed by atoms with van der Waals surface area (Å²) in [4.78, 5) is 25.9. The number of carbonyl (C=O) groups is 2. The maximum Gasteiger partial charge on any atom is 0.193 e. The molecule has 3 saturated carbocycles. The van der Waals surface area contributed by atoms with Gasteiger partial charge < -0.3 is 19.7 Å². The topological polar surface area (TPSA) is 93.1 Å². The van der Waals surface area contributed by atoms with E-state index in [2.05, 4.69) is 62.9 Å². The fourth-order valence-corrected chi connectivity index (χ4v) is 9.90. The van der Waals surface area contributed by atoms with Crippen LogP contribution in [0.15, 0.2) is 72.3 Å². The molecule has 5 aliphatic rings. The molecule has 1 aliphatic heterocycles. The highest BCUT2D eigenvalue weighted by molar-refractivity contribution is 7.79. The van der Waals surface area contributed by atoms with Crippen LogP contribution in [0.5, 0.6) is 0 Å². The molecule has 43 heavy (non-hydrogen) atoms. The second-order valence-corrected chi connectivity index (χ2v) is 14.1. The fourth-order valence-electron chi connectivity index (χ4n) is 9.70. The Balaban J connectivity index is 1.16. The lowest BCUT2D eigenvalue weighted by Crippen LogP contribution is -2.63. The molecule has 7 rings (SSSR count). The molecule has 1 heterocycles. The van der Waals surface area contributed by atoms with Gasteiger partial charge in [-0.1, -0.05) is 74.0 Å². The van der Waals surface area contributed by atoms with Crippen LogP contribution in [0.1, 0.15) is 68.1 Å². The molecule has 0 radical (unpaired) electrons. The highest BCUT2D eigenvalue weighted by Crippen LogP contribution is 2.70. The number of ether oxygens (including phenoxy) is 2. The van der Waals surface area contributed by atoms with Gasteiger partial charge in [0.2, 0.25) is 0 Å². The third-order valence-electron chi connectivity index (χ3n) is 11.6. The number of aliphatic hydroxyl groups is 2. The number of hydrogen-bond acceptors (Lipinski definition) is 7. The minimum atomic E-state index is -1.34. The molecule has 4 aliphatic carbocycles. The van der Waals surface area contributed by atoms with Crippen molar-refractivity contribution in [3.63, 3.8) is 0 Å². The lowest BCUT2D eigenvalue weighted by molar-refractivity contribution is -0.201. The Bertz CT molecular complexity index is 1510. The quantitative estimate of drug-likeness (QED) is 0.390. The van der Waals surface area contributed by atoms with Crippen molar-refractivity contribution in [1.82, 2.24) is 0 Å². The van der Waals surface area contributed by atoms with Gasteiger partial charge in [-0.2, -0.15) is 12.6 Å². The van der Waals surface area contributed by atoms with Gasteiger partial charge in [-0.15, -0.1) is 0 Å². The number of rotatable bonds is 6. The summed E-state index contributed by atoms with van der Waals surface area (Å²) >= 11 is 4.39. The molecule has 0 spiro atoms. The van der Waals surface area contributed by atoms with E-state index >= 15 is 0 Å². The van der Waals surface area contributed by atoms with Gasteiger partial charge in [0, 0.05) is 28.1 Å². The van der Waals surface area contributed by atoms with Gasteiger partial charge >= 0.3 is 0 Å². The zero-order chi connectivity index (χ0) is 30.1. The summed E-state index contributed by atoms with van der Waals surface area (Å²) in [7, 11) is 0. The SMILES string of the molecule is C[C@]12C=CC(=O)C=C1CC[C@@H]1[C@@H]2[C@@H](O)C[C@@]2(C)[C@H]1C[C@H]1O[C@@H](c3ccc(Cc4cccc(CS)c4)cc3)O[C@]12C(=O)CO. The highest BCUT2D eigenvalue weighted by Gasteiger charge is 2.75. The third-order valence-corrected chi connectivity index (χ3v) is 12.0. The lowest BCUT2D eigenvalue weighted by Gasteiger charge is -2.59. The van der Waals surface area contributed by atoms with E-state index in [0.717, 1.165) is 36.0 Å². The average Bonchev–Trinajstić information content (AvgIpc) is 3.50. The number of carbonyl (C=O) groups excluding carboxylic acids is 2. The number of aliphatic hydroxyl groups excluding tert-OH is 2. The first-order chi connectivity index (χ1) is 20.6. The molecule has 7 heteroatoms. The Kier molecular flexibility index (Phi) is 7.14. The van der Waals surface area contributed by atoms with Crippen LogP contribution in [-0.2, 0) is 31.2 Å². The van der Waals surface area contributed by atoms with Gasteiger partial charge in [-0.25, -0.2) is 0 Å². The standard InChI is InChI=1S/C36H40O6S/c1-34-13-12-26(38)16-25(34)10-11-27-28-17-31-36(30(40)19-37,35(28,2)18-29(39)32(27)34)42-33(41-31)24-8-6-21(7-9-24)14-22-4-3-5-23(15-22)20-43/h3-9,12-13,15-16,27-29,31-33,37,39,43H,10-11,14,17-20H2,1-2H3/t27-,28-,29-,31+,32+,33+,34-,35-,36+/m0/s1. The second kappa shape index (κ2) is 10.5. The van der Waals surface area contributed by atoms with Crippen molar-refractivity contribution in [3.05, 3.63) is 94.6 Å². The first kappa shape index (κ1) is 29.2. The number of benzene rings is 2. The lowest BCUT2D eigenvalue weighted by atomic mass is 9.46. The second-order valence-electron chi connectivity index (χ2n) is 13.7. The van der Waals surface area contributed by atoms with Crippen LogP contribution in [0.3, 0.4) is 0 Å². The van der Waals surface area contributed by atoms with Crippen LogP contribution in [0, 0.1) is 28.6 Å². The summed E-state index contributed by atoms with van der Waals surface area (Å²) in [5.41, 5.74) is 3.03. The number of ketones is 2. The van der Waals surface area contributed by atoms with Crippen molar-refractivity contribution >= 4 is 24.2 Å². The Labute approximate surface area is 258 Å². The Morgan fingerprint density at radius 3 is 2.60 bits per heavy atom. The monoisotopic (exact) mass is 600 g/mol. The molecule has 2 N–H and O–H groups in total. The molecule has 1 saturated heterocycles. The molecule has 0 unspecified atom stereocenters. The summed E-state index contributed by atoms with van der Waals surface area (Å²) in [6.45, 7) is 3.56. The van der Waals surface area contributed by atoms with Crippen molar-refractivity contribution in [2.24, 2.45) is 28.6 Å². The third kappa shape index (κ3) is 4.30. The van der Waals surface area contributed by atoms with E-state index in [1.54, 1.807) is 12.2 Å². The zero-order valence-electron chi connectivity index (χ0n) is 24.7. The van der Waals surface area contributed by atoms with E-state index in [1.165, 1.54) is 11.1 Å². The first-order valence-electron chi connectivity index (χ1n) is 15.5. The molecule has 4 fully saturated rings. The van der Waals surface area contributed by atoms with Crippen LogP contribution in [-0.4, -0.2) is 46.2 Å². The Morgan fingerprint density at radius 1 is 1.09 bits per heavy atom. The van der Waals surface area contributed by atoms with Gasteiger partial charge in [-0.3, -0.25) is 9.59 Å². The van der Waals surface area contributed by atoms with E-state index in [4.69, 9.17) is 9.47 Å². The zero-order valence-corrected chi connectivity index (χ0v) is 25.6. The highest BCUT2D eigenvalue weighted by atomic mass is 32.1. The van der Waals surface area contributed by atoms with Crippen LogP contribution in [0.2, 0.25) is 0 Å². The van der Waals surface area contributed by atoms with E-state index in [1.807, 2.05) is 18.2 Å². The molecule has 0 bridgehead atoms. The molecular formula is C36H40O6S. The summed E-state index contributed by atoms with van der Waals surface area (Å²) < 4.78 is 13.3. The maximum absolute atomic E-state index is 13.8. The van der Waals surface area contributed by atoms with Gasteiger partial charge in [0.25, 0.3) is 0 Å². The molecule has 6 nitrogen and oxygen atoms in total. The fraction of sp³-hybridized carbons (Fsp3) is 0.500. The van der Waals surface area contributed by atoms with Gasteiger partial charge in [-0.05, 0) is 72.8 Å². The maximum atomic E-state index is 13.8. The van der Waals surface area contributed by atoms with Crippen LogP contribution in [0.4, 0.5) is 0 Å². The van der Waals surface area contributed by atoms with Crippen molar-refractivity contribution in [1.29, 1.82) is 0 Å². The van der Waals surface area contributed by atoms with Crippen molar-refractivity contribution in [3.8, 4) is 0 Å². The summed E-state index contributed by atoms with van der Waals surface area (Å²) in [6, 6.07) is 16.5.